The van der Waals surface area contributed by atoms with Crippen LogP contribution < -0.4 is 15.2 Å². The molecule has 1 amide bonds. The highest BCUT2D eigenvalue weighted by atomic mass is 32.1. The van der Waals surface area contributed by atoms with Crippen LogP contribution in [0.3, 0.4) is 0 Å². The molecule has 2 heterocycles. The van der Waals surface area contributed by atoms with Gasteiger partial charge in [0.15, 0.2) is 0 Å². The van der Waals surface area contributed by atoms with E-state index in [2.05, 4.69) is 10.1 Å². The molecule has 2 aromatic heterocycles. The largest absolute Gasteiger partial charge is 0.497 e. The van der Waals surface area contributed by atoms with E-state index in [1.807, 2.05) is 12.1 Å². The minimum absolute atomic E-state index is 0.219. The summed E-state index contributed by atoms with van der Waals surface area (Å²) in [5, 5.41) is 6.20. The van der Waals surface area contributed by atoms with Gasteiger partial charge in [0.1, 0.15) is 17.6 Å². The van der Waals surface area contributed by atoms with Gasteiger partial charge in [-0.25, -0.2) is 4.98 Å². The zero-order valence-electron chi connectivity index (χ0n) is 15.1. The second-order valence-corrected chi connectivity index (χ2v) is 6.93. The fourth-order valence-electron chi connectivity index (χ4n) is 2.68. The number of amides is 1. The number of carbonyl (C=O) groups excluding carboxylic acids is 1. The highest BCUT2D eigenvalue weighted by Crippen LogP contribution is 2.31. The smallest absolute Gasteiger partial charge is 0.246 e. The van der Waals surface area contributed by atoms with Crippen LogP contribution in [0.2, 0.25) is 0 Å². The number of anilines is 1. The number of ether oxygens (including phenoxy) is 1. The van der Waals surface area contributed by atoms with Crippen LogP contribution in [-0.4, -0.2) is 24.2 Å². The molecule has 0 atom stereocenters. The fourth-order valence-corrected chi connectivity index (χ4v) is 3.67. The van der Waals surface area contributed by atoms with Gasteiger partial charge >= 0.3 is 0 Å². The molecule has 4 aromatic rings. The third kappa shape index (κ3) is 3.25. The maximum absolute atomic E-state index is 12.6. The van der Waals surface area contributed by atoms with Gasteiger partial charge in [-0.15, -0.1) is 0 Å². The Labute approximate surface area is 163 Å². The Balaban J connectivity index is 1.72. The molecule has 8 heteroatoms. The summed E-state index contributed by atoms with van der Waals surface area (Å²) in [6, 6.07) is 12.4. The molecule has 0 bridgehead atoms. The average Bonchev–Trinajstić information content (AvgIpc) is 3.12. The van der Waals surface area contributed by atoms with E-state index in [4.69, 9.17) is 9.15 Å². The Kier molecular flexibility index (Phi) is 4.62. The van der Waals surface area contributed by atoms with Crippen molar-refractivity contribution in [3.8, 4) is 5.75 Å². The standard InChI is InChI=1S/C20H15N3O4S/c1-12(24)23(20-22-16-8-7-14(26-2)9-18(16)28-20)21-10-13-11-27-17-6-4-3-5-15(17)19(13)25/h3-11H,1-2H3/b21-10+. The van der Waals surface area contributed by atoms with Gasteiger partial charge < -0.3 is 9.15 Å². The molecule has 2 aromatic carbocycles. The molecule has 0 radical (unpaired) electrons. The molecule has 0 saturated heterocycles. The fraction of sp³-hybridized carbons (Fsp3) is 0.100. The monoisotopic (exact) mass is 393 g/mol. The maximum atomic E-state index is 12.6. The number of hydrogen-bond acceptors (Lipinski definition) is 7. The van der Waals surface area contributed by atoms with Crippen LogP contribution in [0.4, 0.5) is 5.13 Å². The van der Waals surface area contributed by atoms with E-state index in [9.17, 15) is 9.59 Å². The number of aromatic nitrogens is 1. The van der Waals surface area contributed by atoms with Gasteiger partial charge in [0, 0.05) is 6.92 Å². The highest BCUT2D eigenvalue weighted by molar-refractivity contribution is 7.22. The van der Waals surface area contributed by atoms with E-state index in [-0.39, 0.29) is 16.9 Å². The number of fused-ring (bicyclic) bond motifs is 2. The van der Waals surface area contributed by atoms with Crippen molar-refractivity contribution >= 4 is 49.8 Å². The molecule has 0 aliphatic carbocycles. The molecule has 0 fully saturated rings. The van der Waals surface area contributed by atoms with Gasteiger partial charge in [0.25, 0.3) is 0 Å². The Morgan fingerprint density at radius 3 is 2.89 bits per heavy atom. The Morgan fingerprint density at radius 1 is 1.29 bits per heavy atom. The summed E-state index contributed by atoms with van der Waals surface area (Å²) in [4.78, 5) is 29.1. The lowest BCUT2D eigenvalue weighted by Crippen LogP contribution is -2.22. The molecule has 7 nitrogen and oxygen atoms in total. The SMILES string of the molecule is COc1ccc2nc(N(/N=C/c3coc4ccccc4c3=O)C(C)=O)sc2c1. The summed E-state index contributed by atoms with van der Waals surface area (Å²) in [5.74, 6) is 0.377. The van der Waals surface area contributed by atoms with Crippen LogP contribution in [0, 0.1) is 0 Å². The summed E-state index contributed by atoms with van der Waals surface area (Å²) in [7, 11) is 1.59. The molecule has 140 valence electrons. The van der Waals surface area contributed by atoms with E-state index in [0.717, 1.165) is 15.2 Å². The summed E-state index contributed by atoms with van der Waals surface area (Å²) >= 11 is 1.30. The molecule has 4 rings (SSSR count). The number of para-hydroxylation sites is 1. The van der Waals surface area contributed by atoms with E-state index in [0.29, 0.717) is 21.9 Å². The Bertz CT molecular complexity index is 1280. The lowest BCUT2D eigenvalue weighted by atomic mass is 10.2. The van der Waals surface area contributed by atoms with Crippen LogP contribution in [0.15, 0.2) is 63.0 Å². The molecule has 0 unspecified atom stereocenters. The van der Waals surface area contributed by atoms with Crippen LogP contribution in [0.25, 0.3) is 21.2 Å². The van der Waals surface area contributed by atoms with Gasteiger partial charge in [-0.3, -0.25) is 9.59 Å². The first-order valence-corrected chi connectivity index (χ1v) is 9.18. The summed E-state index contributed by atoms with van der Waals surface area (Å²) in [5.41, 5.74) is 1.25. The van der Waals surface area contributed by atoms with E-state index in [1.165, 1.54) is 30.7 Å². The van der Waals surface area contributed by atoms with Gasteiger partial charge in [-0.2, -0.15) is 10.1 Å². The molecular formula is C20H15N3O4S. The highest BCUT2D eigenvalue weighted by Gasteiger charge is 2.16. The molecule has 0 aliphatic rings. The van der Waals surface area contributed by atoms with Crippen LogP contribution >= 0.6 is 11.3 Å². The third-order valence-corrected chi connectivity index (χ3v) is 5.08. The first kappa shape index (κ1) is 17.9. The van der Waals surface area contributed by atoms with Crippen LogP contribution in [0.1, 0.15) is 12.5 Å². The van der Waals surface area contributed by atoms with Crippen molar-refractivity contribution in [1.82, 2.24) is 4.98 Å². The predicted molar refractivity (Wildman–Crippen MR) is 109 cm³/mol. The number of benzene rings is 2. The van der Waals surface area contributed by atoms with Crippen molar-refractivity contribution in [3.63, 3.8) is 0 Å². The van der Waals surface area contributed by atoms with Gasteiger partial charge in [-0.1, -0.05) is 23.5 Å². The Hall–Kier alpha value is -3.52. The predicted octanol–water partition coefficient (Wildman–Crippen LogP) is 3.80. The van der Waals surface area contributed by atoms with Crippen LogP contribution in [-0.2, 0) is 4.79 Å². The summed E-state index contributed by atoms with van der Waals surface area (Å²) in [6.45, 7) is 1.38. The van der Waals surface area contributed by atoms with Crippen molar-refractivity contribution in [2.24, 2.45) is 5.10 Å². The van der Waals surface area contributed by atoms with E-state index in [1.54, 1.807) is 37.4 Å². The summed E-state index contributed by atoms with van der Waals surface area (Å²) in [6.07, 6.45) is 2.64. The lowest BCUT2D eigenvalue weighted by molar-refractivity contribution is -0.116. The van der Waals surface area contributed by atoms with Crippen LogP contribution in [0.5, 0.6) is 5.75 Å². The molecule has 0 spiro atoms. The van der Waals surface area contributed by atoms with E-state index >= 15 is 0 Å². The molecule has 0 saturated carbocycles. The van der Waals surface area contributed by atoms with Gasteiger partial charge in [-0.05, 0) is 30.3 Å². The van der Waals surface area contributed by atoms with Crippen molar-refractivity contribution in [3.05, 3.63) is 64.5 Å². The molecule has 0 N–H and O–H groups in total. The van der Waals surface area contributed by atoms with Crippen molar-refractivity contribution in [2.75, 3.05) is 12.1 Å². The van der Waals surface area contributed by atoms with Crippen molar-refractivity contribution in [2.45, 2.75) is 6.92 Å². The zero-order valence-corrected chi connectivity index (χ0v) is 15.9. The molecule has 28 heavy (non-hydrogen) atoms. The quantitative estimate of drug-likeness (QED) is 0.389. The average molecular weight is 393 g/mol. The first-order valence-electron chi connectivity index (χ1n) is 8.36. The Morgan fingerprint density at radius 2 is 2.11 bits per heavy atom. The number of hydrogen-bond donors (Lipinski definition) is 0. The number of rotatable bonds is 4. The number of nitrogens with zero attached hydrogens (tertiary/aromatic N) is 3. The number of methoxy groups -OCH3 is 1. The van der Waals surface area contributed by atoms with Crippen molar-refractivity contribution in [1.29, 1.82) is 0 Å². The second-order valence-electron chi connectivity index (χ2n) is 5.92. The summed E-state index contributed by atoms with van der Waals surface area (Å²) < 4.78 is 11.6. The normalized spacial score (nSPS) is 11.4. The maximum Gasteiger partial charge on any atom is 0.246 e. The molecule has 0 aliphatic heterocycles. The van der Waals surface area contributed by atoms with E-state index < -0.39 is 0 Å². The van der Waals surface area contributed by atoms with Gasteiger partial charge in [0.2, 0.25) is 16.5 Å². The second kappa shape index (κ2) is 7.24. The number of carbonyl (C=O) groups is 1. The number of thiazole rings is 1. The third-order valence-electron chi connectivity index (χ3n) is 4.08. The lowest BCUT2D eigenvalue weighted by Gasteiger charge is -2.10. The first-order chi connectivity index (χ1) is 13.6. The van der Waals surface area contributed by atoms with Gasteiger partial charge in [0.05, 0.1) is 34.5 Å². The number of hydrazone groups is 1. The minimum Gasteiger partial charge on any atom is -0.497 e. The minimum atomic E-state index is -0.326. The zero-order chi connectivity index (χ0) is 19.7. The molecular weight excluding hydrogens is 378 g/mol. The topological polar surface area (TPSA) is 85.0 Å². The van der Waals surface area contributed by atoms with Crippen molar-refractivity contribution < 1.29 is 13.9 Å².